The van der Waals surface area contributed by atoms with Crippen molar-refractivity contribution >= 4 is 9.84 Å². The molecular formula is C17H22N2O2S. The van der Waals surface area contributed by atoms with Crippen LogP contribution < -0.4 is 5.32 Å². The molecule has 1 aromatic heterocycles. The van der Waals surface area contributed by atoms with Gasteiger partial charge in [0.1, 0.15) is 0 Å². The molecule has 0 unspecified atom stereocenters. The first-order chi connectivity index (χ1) is 10.4. The Balaban J connectivity index is 2.02. The van der Waals surface area contributed by atoms with Crippen molar-refractivity contribution in [1.82, 2.24) is 10.3 Å². The highest BCUT2D eigenvalue weighted by atomic mass is 32.2. The molecular weight excluding hydrogens is 296 g/mol. The number of aromatic nitrogens is 1. The summed E-state index contributed by atoms with van der Waals surface area (Å²) in [6.07, 6.45) is 3.47. The molecule has 1 aromatic carbocycles. The third kappa shape index (κ3) is 4.39. The van der Waals surface area contributed by atoms with Crippen LogP contribution in [0.3, 0.4) is 0 Å². The number of nitrogens with one attached hydrogen (secondary N) is 1. The molecule has 0 saturated heterocycles. The van der Waals surface area contributed by atoms with E-state index >= 15 is 0 Å². The molecule has 0 aliphatic carbocycles. The van der Waals surface area contributed by atoms with Crippen molar-refractivity contribution in [3.05, 3.63) is 59.9 Å². The summed E-state index contributed by atoms with van der Waals surface area (Å²) in [6.45, 7) is 5.85. The minimum Gasteiger partial charge on any atom is -0.307 e. The molecule has 1 N–H and O–H groups in total. The molecule has 0 bridgehead atoms. The van der Waals surface area contributed by atoms with Crippen molar-refractivity contribution in [2.24, 2.45) is 0 Å². The third-order valence-corrected chi connectivity index (χ3v) is 5.52. The van der Waals surface area contributed by atoms with Gasteiger partial charge in [0.15, 0.2) is 9.84 Å². The fourth-order valence-electron chi connectivity index (χ4n) is 2.39. The van der Waals surface area contributed by atoms with Crippen LogP contribution in [0.1, 0.15) is 31.0 Å². The minimum absolute atomic E-state index is 0.0749. The molecule has 2 atom stereocenters. The van der Waals surface area contributed by atoms with Crippen LogP contribution in [0.4, 0.5) is 0 Å². The summed E-state index contributed by atoms with van der Waals surface area (Å²) in [7, 11) is -3.28. The number of rotatable bonds is 6. The van der Waals surface area contributed by atoms with Crippen LogP contribution in [0.15, 0.2) is 53.7 Å². The number of sulfone groups is 1. The number of nitrogens with zero attached hydrogens (tertiary/aromatic N) is 1. The molecule has 0 amide bonds. The standard InChI is InChI=1S/C17H22N2O2S/c1-13-4-6-17(7-5-13)22(20,21)12-14(2)19-15(3)16-8-10-18-11-9-16/h4-11,14-15,19H,12H2,1-3H3/t14-,15-/m0/s1. The lowest BCUT2D eigenvalue weighted by Gasteiger charge is -2.20. The Hall–Kier alpha value is -1.72. The second-order valence-corrected chi connectivity index (χ2v) is 7.70. The molecule has 0 radical (unpaired) electrons. The maximum Gasteiger partial charge on any atom is 0.179 e. The number of hydrogen-bond donors (Lipinski definition) is 1. The van der Waals surface area contributed by atoms with Crippen LogP contribution in [0, 0.1) is 6.92 Å². The smallest absolute Gasteiger partial charge is 0.179 e. The van der Waals surface area contributed by atoms with Gasteiger partial charge in [-0.05, 0) is 50.6 Å². The van der Waals surface area contributed by atoms with Gasteiger partial charge >= 0.3 is 0 Å². The lowest BCUT2D eigenvalue weighted by Crippen LogP contribution is -2.34. The Kier molecular flexibility index (Phi) is 5.32. The first-order valence-electron chi connectivity index (χ1n) is 7.34. The van der Waals surface area contributed by atoms with E-state index in [4.69, 9.17) is 0 Å². The van der Waals surface area contributed by atoms with Crippen molar-refractivity contribution in [1.29, 1.82) is 0 Å². The Morgan fingerprint density at radius 3 is 2.23 bits per heavy atom. The number of aryl methyl sites for hydroxylation is 1. The largest absolute Gasteiger partial charge is 0.307 e. The zero-order chi connectivity index (χ0) is 16.2. The van der Waals surface area contributed by atoms with E-state index in [0.29, 0.717) is 4.90 Å². The Morgan fingerprint density at radius 1 is 1.05 bits per heavy atom. The van der Waals surface area contributed by atoms with Crippen LogP contribution >= 0.6 is 0 Å². The van der Waals surface area contributed by atoms with E-state index in [1.54, 1.807) is 24.5 Å². The summed E-state index contributed by atoms with van der Waals surface area (Å²) in [6, 6.07) is 10.8. The van der Waals surface area contributed by atoms with Gasteiger partial charge in [0, 0.05) is 24.5 Å². The molecule has 0 aliphatic rings. The molecule has 2 aromatic rings. The maximum absolute atomic E-state index is 12.4. The molecule has 5 heteroatoms. The van der Waals surface area contributed by atoms with Gasteiger partial charge in [-0.1, -0.05) is 17.7 Å². The van der Waals surface area contributed by atoms with E-state index in [1.165, 1.54) is 0 Å². The Labute approximate surface area is 132 Å². The predicted octanol–water partition coefficient (Wildman–Crippen LogP) is 2.90. The summed E-state index contributed by atoms with van der Waals surface area (Å²) in [5, 5.41) is 3.33. The monoisotopic (exact) mass is 318 g/mol. The van der Waals surface area contributed by atoms with E-state index in [2.05, 4.69) is 10.3 Å². The van der Waals surface area contributed by atoms with Crippen LogP contribution in [0.2, 0.25) is 0 Å². The normalized spacial score (nSPS) is 14.5. The molecule has 1 heterocycles. The topological polar surface area (TPSA) is 59.1 Å². The van der Waals surface area contributed by atoms with Gasteiger partial charge in [0.2, 0.25) is 0 Å². The summed E-state index contributed by atoms with van der Waals surface area (Å²) >= 11 is 0. The first-order valence-corrected chi connectivity index (χ1v) is 8.99. The van der Waals surface area contributed by atoms with Gasteiger partial charge in [-0.2, -0.15) is 0 Å². The quantitative estimate of drug-likeness (QED) is 0.889. The van der Waals surface area contributed by atoms with Gasteiger partial charge in [-0.3, -0.25) is 4.98 Å². The molecule has 22 heavy (non-hydrogen) atoms. The Morgan fingerprint density at radius 2 is 1.64 bits per heavy atom. The zero-order valence-corrected chi connectivity index (χ0v) is 14.0. The minimum atomic E-state index is -3.28. The third-order valence-electron chi connectivity index (χ3n) is 3.59. The second kappa shape index (κ2) is 7.03. The highest BCUT2D eigenvalue weighted by Gasteiger charge is 2.19. The highest BCUT2D eigenvalue weighted by Crippen LogP contribution is 2.15. The van der Waals surface area contributed by atoms with Crippen molar-refractivity contribution < 1.29 is 8.42 Å². The number of benzene rings is 1. The second-order valence-electron chi connectivity index (χ2n) is 5.66. The molecule has 0 saturated carbocycles. The number of pyridine rings is 1. The van der Waals surface area contributed by atoms with Crippen LogP contribution in [0.25, 0.3) is 0 Å². The van der Waals surface area contributed by atoms with Gasteiger partial charge in [0.05, 0.1) is 10.6 Å². The van der Waals surface area contributed by atoms with Crippen molar-refractivity contribution in [3.63, 3.8) is 0 Å². The van der Waals surface area contributed by atoms with Crippen LogP contribution in [-0.4, -0.2) is 25.2 Å². The van der Waals surface area contributed by atoms with Crippen molar-refractivity contribution in [2.75, 3.05) is 5.75 Å². The molecule has 2 rings (SSSR count). The number of hydrogen-bond acceptors (Lipinski definition) is 4. The summed E-state index contributed by atoms with van der Waals surface area (Å²) in [5.41, 5.74) is 2.14. The van der Waals surface area contributed by atoms with Crippen molar-refractivity contribution in [3.8, 4) is 0 Å². The van der Waals surface area contributed by atoms with Gasteiger partial charge < -0.3 is 5.32 Å². The van der Waals surface area contributed by atoms with Gasteiger partial charge in [-0.15, -0.1) is 0 Å². The fraction of sp³-hybridized carbons (Fsp3) is 0.353. The summed E-state index contributed by atoms with van der Waals surface area (Å²) in [4.78, 5) is 4.37. The van der Waals surface area contributed by atoms with Crippen LogP contribution in [-0.2, 0) is 9.84 Å². The van der Waals surface area contributed by atoms with Gasteiger partial charge in [0.25, 0.3) is 0 Å². The lowest BCUT2D eigenvalue weighted by molar-refractivity contribution is 0.499. The van der Waals surface area contributed by atoms with E-state index in [-0.39, 0.29) is 17.8 Å². The molecule has 118 valence electrons. The SMILES string of the molecule is Cc1ccc(S(=O)(=O)C[C@H](C)N[C@@H](C)c2ccncc2)cc1. The lowest BCUT2D eigenvalue weighted by atomic mass is 10.1. The first kappa shape index (κ1) is 16.6. The molecule has 0 aliphatic heterocycles. The van der Waals surface area contributed by atoms with Crippen molar-refractivity contribution in [2.45, 2.75) is 37.8 Å². The highest BCUT2D eigenvalue weighted by molar-refractivity contribution is 7.91. The predicted molar refractivity (Wildman–Crippen MR) is 88.5 cm³/mol. The molecule has 0 fully saturated rings. The average molecular weight is 318 g/mol. The maximum atomic E-state index is 12.4. The van der Waals surface area contributed by atoms with E-state index in [1.807, 2.05) is 45.0 Å². The van der Waals surface area contributed by atoms with Gasteiger partial charge in [-0.25, -0.2) is 8.42 Å². The zero-order valence-electron chi connectivity index (χ0n) is 13.2. The van der Waals surface area contributed by atoms with E-state index in [0.717, 1.165) is 11.1 Å². The Bertz CT molecular complexity index is 697. The molecule has 4 nitrogen and oxygen atoms in total. The summed E-state index contributed by atoms with van der Waals surface area (Å²) < 4.78 is 24.8. The van der Waals surface area contributed by atoms with Crippen LogP contribution in [0.5, 0.6) is 0 Å². The van der Waals surface area contributed by atoms with E-state index in [9.17, 15) is 8.42 Å². The van der Waals surface area contributed by atoms with E-state index < -0.39 is 9.84 Å². The molecule has 0 spiro atoms. The summed E-state index contributed by atoms with van der Waals surface area (Å²) in [5.74, 6) is 0.0749. The fourth-order valence-corrected chi connectivity index (χ4v) is 3.89. The average Bonchev–Trinajstić information content (AvgIpc) is 2.48.